The molecule has 1 N–H and O–H groups in total. The lowest BCUT2D eigenvalue weighted by molar-refractivity contribution is 0.443. The molecule has 0 spiro atoms. The normalized spacial score (nSPS) is 15.9. The summed E-state index contributed by atoms with van der Waals surface area (Å²) in [6.07, 6.45) is 1.31. The highest BCUT2D eigenvalue weighted by molar-refractivity contribution is 7.99. The van der Waals surface area contributed by atoms with E-state index < -0.39 is 0 Å². The smallest absolute Gasteiger partial charge is 0.0181 e. The van der Waals surface area contributed by atoms with Crippen LogP contribution in [0.4, 0.5) is 0 Å². The molecule has 0 amide bonds. The van der Waals surface area contributed by atoms with Crippen molar-refractivity contribution >= 4 is 11.8 Å². The standard InChI is InChI=1S/C12H27NS/c1-6-11(5)8-14-9-12(10(3)4)13-7-2/h10-13H,6-9H2,1-5H3. The van der Waals surface area contributed by atoms with E-state index in [0.717, 1.165) is 18.4 Å². The quantitative estimate of drug-likeness (QED) is 0.669. The summed E-state index contributed by atoms with van der Waals surface area (Å²) in [5.41, 5.74) is 0. The zero-order valence-corrected chi connectivity index (χ0v) is 11.3. The van der Waals surface area contributed by atoms with Gasteiger partial charge in [0.05, 0.1) is 0 Å². The van der Waals surface area contributed by atoms with E-state index in [1.165, 1.54) is 17.9 Å². The van der Waals surface area contributed by atoms with Crippen LogP contribution in [-0.2, 0) is 0 Å². The van der Waals surface area contributed by atoms with Crippen LogP contribution in [0.3, 0.4) is 0 Å². The van der Waals surface area contributed by atoms with Gasteiger partial charge in [-0.2, -0.15) is 11.8 Å². The van der Waals surface area contributed by atoms with Crippen molar-refractivity contribution in [2.24, 2.45) is 11.8 Å². The summed E-state index contributed by atoms with van der Waals surface area (Å²) >= 11 is 2.10. The molecular weight excluding hydrogens is 190 g/mol. The third kappa shape index (κ3) is 6.72. The van der Waals surface area contributed by atoms with Crippen molar-refractivity contribution in [1.29, 1.82) is 0 Å². The Bertz CT molecular complexity index is 125. The Kier molecular flexibility index (Phi) is 8.80. The fourth-order valence-electron chi connectivity index (χ4n) is 1.26. The maximum atomic E-state index is 3.55. The fourth-order valence-corrected chi connectivity index (χ4v) is 2.79. The van der Waals surface area contributed by atoms with Gasteiger partial charge in [-0.1, -0.05) is 41.0 Å². The van der Waals surface area contributed by atoms with Crippen LogP contribution in [-0.4, -0.2) is 24.1 Å². The van der Waals surface area contributed by atoms with Gasteiger partial charge < -0.3 is 5.32 Å². The molecule has 0 saturated carbocycles. The van der Waals surface area contributed by atoms with Crippen molar-refractivity contribution < 1.29 is 0 Å². The van der Waals surface area contributed by atoms with Crippen LogP contribution in [0.25, 0.3) is 0 Å². The van der Waals surface area contributed by atoms with E-state index >= 15 is 0 Å². The number of rotatable bonds is 8. The van der Waals surface area contributed by atoms with E-state index in [9.17, 15) is 0 Å². The average Bonchev–Trinajstić information content (AvgIpc) is 2.16. The summed E-state index contributed by atoms with van der Waals surface area (Å²) in [7, 11) is 0. The van der Waals surface area contributed by atoms with E-state index in [0.29, 0.717) is 6.04 Å². The van der Waals surface area contributed by atoms with Gasteiger partial charge in [-0.05, 0) is 24.1 Å². The van der Waals surface area contributed by atoms with Crippen molar-refractivity contribution in [1.82, 2.24) is 5.32 Å². The predicted molar refractivity (Wildman–Crippen MR) is 69.1 cm³/mol. The van der Waals surface area contributed by atoms with Crippen LogP contribution >= 0.6 is 11.8 Å². The molecule has 1 nitrogen and oxygen atoms in total. The first-order valence-electron chi connectivity index (χ1n) is 5.92. The van der Waals surface area contributed by atoms with Gasteiger partial charge >= 0.3 is 0 Å². The third-order valence-electron chi connectivity index (χ3n) is 2.67. The molecular formula is C12H27NS. The summed E-state index contributed by atoms with van der Waals surface area (Å²) in [5, 5.41) is 3.55. The Balaban J connectivity index is 3.60. The highest BCUT2D eigenvalue weighted by Crippen LogP contribution is 2.15. The van der Waals surface area contributed by atoms with Crippen molar-refractivity contribution in [2.45, 2.75) is 47.1 Å². The first-order valence-corrected chi connectivity index (χ1v) is 7.08. The first kappa shape index (κ1) is 14.3. The number of nitrogens with one attached hydrogen (secondary N) is 1. The van der Waals surface area contributed by atoms with Crippen LogP contribution in [0.1, 0.15) is 41.0 Å². The molecule has 0 aromatic rings. The molecule has 2 heteroatoms. The molecule has 0 aliphatic carbocycles. The van der Waals surface area contributed by atoms with Gasteiger partial charge in [-0.3, -0.25) is 0 Å². The van der Waals surface area contributed by atoms with Crippen LogP contribution < -0.4 is 5.32 Å². The molecule has 0 heterocycles. The van der Waals surface area contributed by atoms with E-state index in [1.54, 1.807) is 0 Å². The average molecular weight is 217 g/mol. The maximum absolute atomic E-state index is 3.55. The largest absolute Gasteiger partial charge is 0.313 e. The number of thioether (sulfide) groups is 1. The van der Waals surface area contributed by atoms with E-state index in [4.69, 9.17) is 0 Å². The van der Waals surface area contributed by atoms with E-state index in [1.807, 2.05) is 0 Å². The first-order chi connectivity index (χ1) is 6.61. The Labute approximate surface area is 94.4 Å². The molecule has 0 aliphatic heterocycles. The van der Waals surface area contributed by atoms with Gasteiger partial charge in [0.15, 0.2) is 0 Å². The van der Waals surface area contributed by atoms with Crippen LogP contribution in [0.15, 0.2) is 0 Å². The number of hydrogen-bond acceptors (Lipinski definition) is 2. The molecule has 2 unspecified atom stereocenters. The predicted octanol–water partition coefficient (Wildman–Crippen LogP) is 3.40. The van der Waals surface area contributed by atoms with Gasteiger partial charge in [-0.25, -0.2) is 0 Å². The van der Waals surface area contributed by atoms with E-state index in [-0.39, 0.29) is 0 Å². The lowest BCUT2D eigenvalue weighted by atomic mass is 10.1. The molecule has 0 aliphatic rings. The minimum absolute atomic E-state index is 0.689. The Morgan fingerprint density at radius 2 is 1.71 bits per heavy atom. The topological polar surface area (TPSA) is 12.0 Å². The molecule has 0 saturated heterocycles. The molecule has 0 fully saturated rings. The van der Waals surface area contributed by atoms with Crippen LogP contribution in [0.5, 0.6) is 0 Å². The molecule has 0 aromatic carbocycles. The Morgan fingerprint density at radius 1 is 1.07 bits per heavy atom. The number of hydrogen-bond donors (Lipinski definition) is 1. The molecule has 0 radical (unpaired) electrons. The highest BCUT2D eigenvalue weighted by atomic mass is 32.2. The third-order valence-corrected chi connectivity index (χ3v) is 4.07. The Hall–Kier alpha value is 0.310. The van der Waals surface area contributed by atoms with Gasteiger partial charge in [0, 0.05) is 11.8 Å². The lowest BCUT2D eigenvalue weighted by Crippen LogP contribution is -2.36. The van der Waals surface area contributed by atoms with Crippen molar-refractivity contribution in [3.05, 3.63) is 0 Å². The molecule has 0 bridgehead atoms. The van der Waals surface area contributed by atoms with Gasteiger partial charge in [0.25, 0.3) is 0 Å². The molecule has 14 heavy (non-hydrogen) atoms. The van der Waals surface area contributed by atoms with Gasteiger partial charge in [0.2, 0.25) is 0 Å². The second kappa shape index (κ2) is 8.60. The van der Waals surface area contributed by atoms with Crippen molar-refractivity contribution in [2.75, 3.05) is 18.1 Å². The summed E-state index contributed by atoms with van der Waals surface area (Å²) < 4.78 is 0. The monoisotopic (exact) mass is 217 g/mol. The van der Waals surface area contributed by atoms with Crippen molar-refractivity contribution in [3.8, 4) is 0 Å². The zero-order valence-electron chi connectivity index (χ0n) is 10.5. The molecule has 86 valence electrons. The minimum Gasteiger partial charge on any atom is -0.313 e. The summed E-state index contributed by atoms with van der Waals surface area (Å²) in [5.74, 6) is 4.19. The summed E-state index contributed by atoms with van der Waals surface area (Å²) in [6.45, 7) is 12.5. The zero-order chi connectivity index (χ0) is 11.0. The second-order valence-electron chi connectivity index (χ2n) is 4.46. The molecule has 2 atom stereocenters. The van der Waals surface area contributed by atoms with Crippen molar-refractivity contribution in [3.63, 3.8) is 0 Å². The molecule has 0 rings (SSSR count). The minimum atomic E-state index is 0.689. The van der Waals surface area contributed by atoms with Crippen LogP contribution in [0, 0.1) is 11.8 Å². The lowest BCUT2D eigenvalue weighted by Gasteiger charge is -2.21. The Morgan fingerprint density at radius 3 is 2.14 bits per heavy atom. The molecule has 0 aromatic heterocycles. The fraction of sp³-hybridized carbons (Fsp3) is 1.00. The summed E-state index contributed by atoms with van der Waals surface area (Å²) in [4.78, 5) is 0. The second-order valence-corrected chi connectivity index (χ2v) is 5.53. The summed E-state index contributed by atoms with van der Waals surface area (Å²) in [6, 6.07) is 0.689. The SMILES string of the molecule is CCNC(CSCC(C)CC)C(C)C. The van der Waals surface area contributed by atoms with Crippen LogP contribution in [0.2, 0.25) is 0 Å². The maximum Gasteiger partial charge on any atom is 0.0181 e. The van der Waals surface area contributed by atoms with Gasteiger partial charge in [0.1, 0.15) is 0 Å². The van der Waals surface area contributed by atoms with Gasteiger partial charge in [-0.15, -0.1) is 0 Å². The highest BCUT2D eigenvalue weighted by Gasteiger charge is 2.11. The van der Waals surface area contributed by atoms with E-state index in [2.05, 4.69) is 51.7 Å².